The maximum Gasteiger partial charge on any atom is 0.147 e. The highest BCUT2D eigenvalue weighted by Crippen LogP contribution is 2.33. The molecule has 0 saturated carbocycles. The highest BCUT2D eigenvalue weighted by atomic mass is 35.5. The number of hydrogen-bond donors (Lipinski definition) is 0. The highest BCUT2D eigenvalue weighted by Gasteiger charge is 2.24. The molecule has 94 valence electrons. The molecule has 2 aromatic rings. The SMILES string of the molecule is CC1c2ccsc2CCN1Cc1cnc(Cl)cn1. The largest absolute Gasteiger partial charge is 0.290 e. The van der Waals surface area contributed by atoms with Crippen molar-refractivity contribution in [3.63, 3.8) is 0 Å². The number of fused-ring (bicyclic) bond motifs is 1. The molecule has 3 nitrogen and oxygen atoms in total. The van der Waals surface area contributed by atoms with Crippen molar-refractivity contribution < 1.29 is 0 Å². The molecular formula is C13H14ClN3S. The maximum atomic E-state index is 5.75. The van der Waals surface area contributed by atoms with E-state index in [0.717, 1.165) is 25.2 Å². The van der Waals surface area contributed by atoms with Crippen molar-refractivity contribution in [1.29, 1.82) is 0 Å². The van der Waals surface area contributed by atoms with Crippen LogP contribution >= 0.6 is 22.9 Å². The minimum Gasteiger partial charge on any atom is -0.290 e. The first-order valence-corrected chi connectivity index (χ1v) is 7.26. The molecule has 1 unspecified atom stereocenters. The Kier molecular flexibility index (Phi) is 3.33. The topological polar surface area (TPSA) is 29.0 Å². The average molecular weight is 280 g/mol. The molecule has 5 heteroatoms. The third kappa shape index (κ3) is 2.28. The summed E-state index contributed by atoms with van der Waals surface area (Å²) in [6.45, 7) is 4.17. The van der Waals surface area contributed by atoms with Crippen LogP contribution in [0.2, 0.25) is 5.15 Å². The molecule has 0 aliphatic carbocycles. The Morgan fingerprint density at radius 2 is 2.33 bits per heavy atom. The Morgan fingerprint density at radius 3 is 3.11 bits per heavy atom. The Morgan fingerprint density at radius 1 is 1.44 bits per heavy atom. The van der Waals surface area contributed by atoms with Gasteiger partial charge in [-0.1, -0.05) is 11.6 Å². The van der Waals surface area contributed by atoms with Gasteiger partial charge in [0.05, 0.1) is 18.1 Å². The summed E-state index contributed by atoms with van der Waals surface area (Å²) in [6.07, 6.45) is 4.51. The van der Waals surface area contributed by atoms with E-state index in [1.165, 1.54) is 10.4 Å². The summed E-state index contributed by atoms with van der Waals surface area (Å²) in [4.78, 5) is 12.4. The van der Waals surface area contributed by atoms with Crippen molar-refractivity contribution in [3.05, 3.63) is 45.1 Å². The van der Waals surface area contributed by atoms with E-state index in [2.05, 4.69) is 33.2 Å². The Bertz CT molecular complexity index is 537. The fourth-order valence-electron chi connectivity index (χ4n) is 2.41. The first-order valence-electron chi connectivity index (χ1n) is 6.01. The summed E-state index contributed by atoms with van der Waals surface area (Å²) >= 11 is 7.62. The molecule has 0 saturated heterocycles. The van der Waals surface area contributed by atoms with Crippen molar-refractivity contribution in [1.82, 2.24) is 14.9 Å². The third-order valence-electron chi connectivity index (χ3n) is 3.44. The first kappa shape index (κ1) is 12.1. The Balaban J connectivity index is 1.77. The summed E-state index contributed by atoms with van der Waals surface area (Å²) in [5.41, 5.74) is 2.44. The van der Waals surface area contributed by atoms with Crippen molar-refractivity contribution >= 4 is 22.9 Å². The second kappa shape index (κ2) is 4.96. The highest BCUT2D eigenvalue weighted by molar-refractivity contribution is 7.10. The zero-order chi connectivity index (χ0) is 12.5. The molecule has 0 amide bonds. The van der Waals surface area contributed by atoms with Crippen LogP contribution in [0.4, 0.5) is 0 Å². The number of nitrogens with zero attached hydrogens (tertiary/aromatic N) is 3. The van der Waals surface area contributed by atoms with Gasteiger partial charge in [0.1, 0.15) is 5.15 Å². The molecule has 3 heterocycles. The van der Waals surface area contributed by atoms with Crippen LogP contribution in [0.1, 0.15) is 29.1 Å². The van der Waals surface area contributed by atoms with Crippen molar-refractivity contribution in [3.8, 4) is 0 Å². The number of hydrogen-bond acceptors (Lipinski definition) is 4. The van der Waals surface area contributed by atoms with Crippen molar-refractivity contribution in [2.45, 2.75) is 25.9 Å². The van der Waals surface area contributed by atoms with E-state index in [-0.39, 0.29) is 0 Å². The molecular weight excluding hydrogens is 266 g/mol. The van der Waals surface area contributed by atoms with E-state index < -0.39 is 0 Å². The van der Waals surface area contributed by atoms with Gasteiger partial charge in [-0.15, -0.1) is 11.3 Å². The van der Waals surface area contributed by atoms with E-state index in [0.29, 0.717) is 11.2 Å². The van der Waals surface area contributed by atoms with Gasteiger partial charge < -0.3 is 0 Å². The molecule has 18 heavy (non-hydrogen) atoms. The zero-order valence-corrected chi connectivity index (χ0v) is 11.7. The molecule has 0 spiro atoms. The second-order valence-corrected chi connectivity index (χ2v) is 5.91. The van der Waals surface area contributed by atoms with Crippen molar-refractivity contribution in [2.75, 3.05) is 6.54 Å². The van der Waals surface area contributed by atoms with E-state index in [1.54, 1.807) is 12.4 Å². The Hall–Kier alpha value is -0.970. The van der Waals surface area contributed by atoms with Gasteiger partial charge in [0, 0.05) is 24.0 Å². The summed E-state index contributed by atoms with van der Waals surface area (Å²) in [6, 6.07) is 2.70. The average Bonchev–Trinajstić information content (AvgIpc) is 2.84. The number of aromatic nitrogens is 2. The predicted molar refractivity (Wildman–Crippen MR) is 73.9 cm³/mol. The Labute approximate surface area is 115 Å². The third-order valence-corrected chi connectivity index (χ3v) is 4.63. The van der Waals surface area contributed by atoms with Crippen LogP contribution < -0.4 is 0 Å². The fraction of sp³-hybridized carbons (Fsp3) is 0.385. The van der Waals surface area contributed by atoms with Gasteiger partial charge in [-0.05, 0) is 30.4 Å². The lowest BCUT2D eigenvalue weighted by Gasteiger charge is -2.33. The molecule has 1 aliphatic rings. The molecule has 1 atom stereocenters. The number of thiophene rings is 1. The van der Waals surface area contributed by atoms with E-state index in [4.69, 9.17) is 11.6 Å². The van der Waals surface area contributed by atoms with Gasteiger partial charge in [0.15, 0.2) is 0 Å². The molecule has 3 rings (SSSR count). The van der Waals surface area contributed by atoms with Gasteiger partial charge >= 0.3 is 0 Å². The van der Waals surface area contributed by atoms with Gasteiger partial charge in [-0.25, -0.2) is 4.98 Å². The van der Waals surface area contributed by atoms with Crippen LogP contribution in [0.25, 0.3) is 0 Å². The van der Waals surface area contributed by atoms with E-state index >= 15 is 0 Å². The van der Waals surface area contributed by atoms with Gasteiger partial charge in [0.25, 0.3) is 0 Å². The monoisotopic (exact) mass is 279 g/mol. The van der Waals surface area contributed by atoms with Crippen LogP contribution in [0.5, 0.6) is 0 Å². The normalized spacial score (nSPS) is 19.8. The lowest BCUT2D eigenvalue weighted by Crippen LogP contribution is -2.32. The van der Waals surface area contributed by atoms with Gasteiger partial charge in [0.2, 0.25) is 0 Å². The zero-order valence-electron chi connectivity index (χ0n) is 10.1. The summed E-state index contributed by atoms with van der Waals surface area (Å²) in [5, 5.41) is 2.64. The van der Waals surface area contributed by atoms with E-state index in [9.17, 15) is 0 Å². The quantitative estimate of drug-likeness (QED) is 0.844. The lowest BCUT2D eigenvalue weighted by molar-refractivity contribution is 0.189. The summed E-state index contributed by atoms with van der Waals surface area (Å²) in [7, 11) is 0. The van der Waals surface area contributed by atoms with Crippen LogP contribution in [0, 0.1) is 0 Å². The fourth-order valence-corrected chi connectivity index (χ4v) is 3.47. The second-order valence-electron chi connectivity index (χ2n) is 4.53. The summed E-state index contributed by atoms with van der Waals surface area (Å²) < 4.78 is 0. The molecule has 0 fully saturated rings. The van der Waals surface area contributed by atoms with E-state index in [1.807, 2.05) is 11.3 Å². The lowest BCUT2D eigenvalue weighted by atomic mass is 10.0. The smallest absolute Gasteiger partial charge is 0.147 e. The van der Waals surface area contributed by atoms with Crippen LogP contribution in [0.3, 0.4) is 0 Å². The predicted octanol–water partition coefficient (Wildman–Crippen LogP) is 3.31. The van der Waals surface area contributed by atoms with Crippen LogP contribution in [-0.2, 0) is 13.0 Å². The van der Waals surface area contributed by atoms with Gasteiger partial charge in [-0.2, -0.15) is 0 Å². The molecule has 0 aromatic carbocycles. The first-order chi connectivity index (χ1) is 8.74. The summed E-state index contributed by atoms with van der Waals surface area (Å²) in [5.74, 6) is 0. The molecule has 2 aromatic heterocycles. The van der Waals surface area contributed by atoms with Crippen molar-refractivity contribution in [2.24, 2.45) is 0 Å². The van der Waals surface area contributed by atoms with Crippen LogP contribution in [-0.4, -0.2) is 21.4 Å². The maximum absolute atomic E-state index is 5.75. The minimum absolute atomic E-state index is 0.450. The molecule has 0 N–H and O–H groups in total. The van der Waals surface area contributed by atoms with Gasteiger partial charge in [-0.3, -0.25) is 9.88 Å². The van der Waals surface area contributed by atoms with Crippen LogP contribution in [0.15, 0.2) is 23.8 Å². The standard InChI is InChI=1S/C13H14ClN3S/c1-9-11-3-5-18-12(11)2-4-17(9)8-10-6-16-13(14)7-15-10/h3,5-7,9H,2,4,8H2,1H3. The molecule has 1 aliphatic heterocycles. The minimum atomic E-state index is 0.450. The molecule has 0 radical (unpaired) electrons. The number of rotatable bonds is 2. The number of halogens is 1. The molecule has 0 bridgehead atoms.